The Bertz CT molecular complexity index is 537. The lowest BCUT2D eigenvalue weighted by molar-refractivity contribution is 0.412. The van der Waals surface area contributed by atoms with Gasteiger partial charge >= 0.3 is 10.2 Å². The highest BCUT2D eigenvalue weighted by atomic mass is 79.9. The molecule has 1 aromatic carbocycles. The molecule has 20 heavy (non-hydrogen) atoms. The standard InChI is InChI=1S/C12H20BrN3O3S/c1-14-7-4-8-16(2)20(17,18)15-10-5-6-12(19-3)11(13)9-10/h5-6,9,14-15H,4,7-8H2,1-3H3. The van der Waals surface area contributed by atoms with Crippen molar-refractivity contribution < 1.29 is 13.2 Å². The molecule has 0 unspecified atom stereocenters. The third kappa shape index (κ3) is 4.93. The Balaban J connectivity index is 2.72. The van der Waals surface area contributed by atoms with E-state index in [-0.39, 0.29) is 0 Å². The molecule has 0 aromatic heterocycles. The second kappa shape index (κ2) is 7.82. The van der Waals surface area contributed by atoms with E-state index >= 15 is 0 Å². The number of hydrogen-bond donors (Lipinski definition) is 2. The van der Waals surface area contributed by atoms with E-state index in [0.717, 1.165) is 13.0 Å². The van der Waals surface area contributed by atoms with Crippen LogP contribution in [0.25, 0.3) is 0 Å². The van der Waals surface area contributed by atoms with Crippen molar-refractivity contribution in [3.63, 3.8) is 0 Å². The first-order valence-electron chi connectivity index (χ1n) is 6.13. The first-order chi connectivity index (χ1) is 9.40. The van der Waals surface area contributed by atoms with Crippen LogP contribution in [-0.2, 0) is 10.2 Å². The average Bonchev–Trinajstić information content (AvgIpc) is 2.38. The van der Waals surface area contributed by atoms with Crippen molar-refractivity contribution in [3.8, 4) is 5.75 Å². The SMILES string of the molecule is CNCCCN(C)S(=O)(=O)Nc1ccc(OC)c(Br)c1. The lowest BCUT2D eigenvalue weighted by atomic mass is 10.3. The summed E-state index contributed by atoms with van der Waals surface area (Å²) in [6.07, 6.45) is 0.750. The summed E-state index contributed by atoms with van der Waals surface area (Å²) in [5.41, 5.74) is 0.484. The van der Waals surface area contributed by atoms with Gasteiger partial charge in [0.2, 0.25) is 0 Å². The Hall–Kier alpha value is -0.830. The number of methoxy groups -OCH3 is 1. The summed E-state index contributed by atoms with van der Waals surface area (Å²) in [7, 11) is 1.41. The molecule has 0 amide bonds. The van der Waals surface area contributed by atoms with E-state index in [1.807, 2.05) is 7.05 Å². The predicted octanol–water partition coefficient (Wildman–Crippen LogP) is 1.66. The zero-order valence-electron chi connectivity index (χ0n) is 11.8. The van der Waals surface area contributed by atoms with Crippen molar-refractivity contribution in [1.29, 1.82) is 0 Å². The summed E-state index contributed by atoms with van der Waals surface area (Å²) in [6.45, 7) is 1.22. The van der Waals surface area contributed by atoms with E-state index in [0.29, 0.717) is 22.5 Å². The van der Waals surface area contributed by atoms with E-state index < -0.39 is 10.2 Å². The lowest BCUT2D eigenvalue weighted by Gasteiger charge is -2.18. The highest BCUT2D eigenvalue weighted by Crippen LogP contribution is 2.28. The summed E-state index contributed by atoms with van der Waals surface area (Å²) in [6, 6.07) is 5.02. The maximum atomic E-state index is 12.1. The smallest absolute Gasteiger partial charge is 0.301 e. The van der Waals surface area contributed by atoms with Gasteiger partial charge in [-0.3, -0.25) is 4.72 Å². The van der Waals surface area contributed by atoms with Crippen molar-refractivity contribution in [2.24, 2.45) is 0 Å². The number of ether oxygens (including phenoxy) is 1. The van der Waals surface area contributed by atoms with Gasteiger partial charge in [0.1, 0.15) is 5.75 Å². The molecule has 2 N–H and O–H groups in total. The molecule has 114 valence electrons. The molecule has 0 atom stereocenters. The first-order valence-corrected chi connectivity index (χ1v) is 8.36. The Morgan fingerprint density at radius 1 is 1.40 bits per heavy atom. The number of nitrogens with zero attached hydrogens (tertiary/aromatic N) is 1. The molecule has 0 radical (unpaired) electrons. The van der Waals surface area contributed by atoms with Crippen molar-refractivity contribution in [3.05, 3.63) is 22.7 Å². The molecular weight excluding hydrogens is 346 g/mol. The lowest BCUT2D eigenvalue weighted by Crippen LogP contribution is -2.34. The Kier molecular flexibility index (Phi) is 6.74. The van der Waals surface area contributed by atoms with Crippen molar-refractivity contribution in [1.82, 2.24) is 9.62 Å². The van der Waals surface area contributed by atoms with Crippen molar-refractivity contribution in [2.45, 2.75) is 6.42 Å². The molecule has 6 nitrogen and oxygen atoms in total. The Morgan fingerprint density at radius 2 is 2.10 bits per heavy atom. The number of benzene rings is 1. The van der Waals surface area contributed by atoms with Gasteiger partial charge in [0, 0.05) is 13.6 Å². The summed E-state index contributed by atoms with van der Waals surface area (Å²) < 4.78 is 33.8. The van der Waals surface area contributed by atoms with Gasteiger partial charge in [-0.2, -0.15) is 12.7 Å². The van der Waals surface area contributed by atoms with Crippen LogP contribution in [0.2, 0.25) is 0 Å². The maximum absolute atomic E-state index is 12.1. The fraction of sp³-hybridized carbons (Fsp3) is 0.500. The Morgan fingerprint density at radius 3 is 2.65 bits per heavy atom. The van der Waals surface area contributed by atoms with Crippen molar-refractivity contribution in [2.75, 3.05) is 39.0 Å². The molecule has 0 saturated carbocycles. The van der Waals surface area contributed by atoms with Crippen LogP contribution in [0.5, 0.6) is 5.75 Å². The normalized spacial score (nSPS) is 11.7. The third-order valence-electron chi connectivity index (χ3n) is 2.71. The van der Waals surface area contributed by atoms with Gasteiger partial charge in [0.05, 0.1) is 17.3 Å². The summed E-state index contributed by atoms with van der Waals surface area (Å²) >= 11 is 3.32. The van der Waals surface area contributed by atoms with Crippen LogP contribution in [0.3, 0.4) is 0 Å². The van der Waals surface area contributed by atoms with E-state index in [4.69, 9.17) is 4.74 Å². The van der Waals surface area contributed by atoms with Gasteiger partial charge in [0.15, 0.2) is 0 Å². The minimum atomic E-state index is -3.54. The predicted molar refractivity (Wildman–Crippen MR) is 84.4 cm³/mol. The third-order valence-corrected chi connectivity index (χ3v) is 4.83. The molecular formula is C12H20BrN3O3S. The number of nitrogens with one attached hydrogen (secondary N) is 2. The van der Waals surface area contributed by atoms with Crippen LogP contribution >= 0.6 is 15.9 Å². The van der Waals surface area contributed by atoms with Gasteiger partial charge in [-0.05, 0) is 54.1 Å². The fourth-order valence-electron chi connectivity index (χ4n) is 1.56. The molecule has 0 fully saturated rings. The molecule has 1 aromatic rings. The molecule has 0 heterocycles. The number of hydrogen-bond acceptors (Lipinski definition) is 4. The van der Waals surface area contributed by atoms with E-state index in [1.54, 1.807) is 32.4 Å². The fourth-order valence-corrected chi connectivity index (χ4v) is 3.05. The molecule has 0 aliphatic heterocycles. The first kappa shape index (κ1) is 17.2. The zero-order chi connectivity index (χ0) is 15.2. The minimum Gasteiger partial charge on any atom is -0.496 e. The molecule has 1 rings (SSSR count). The topological polar surface area (TPSA) is 70.7 Å². The maximum Gasteiger partial charge on any atom is 0.301 e. The highest BCUT2D eigenvalue weighted by Gasteiger charge is 2.17. The average molecular weight is 366 g/mol. The van der Waals surface area contributed by atoms with Gasteiger partial charge in [-0.15, -0.1) is 0 Å². The summed E-state index contributed by atoms with van der Waals surface area (Å²) in [5.74, 6) is 0.648. The van der Waals surface area contributed by atoms with E-state index in [9.17, 15) is 8.42 Å². The monoisotopic (exact) mass is 365 g/mol. The minimum absolute atomic E-state index is 0.452. The molecule has 0 saturated heterocycles. The van der Waals surface area contributed by atoms with Crippen LogP contribution in [0.4, 0.5) is 5.69 Å². The highest BCUT2D eigenvalue weighted by molar-refractivity contribution is 9.10. The molecule has 0 spiro atoms. The summed E-state index contributed by atoms with van der Waals surface area (Å²) in [5, 5.41) is 2.98. The molecule has 0 aliphatic rings. The molecule has 8 heteroatoms. The van der Waals surface area contributed by atoms with Crippen LogP contribution in [0.1, 0.15) is 6.42 Å². The van der Waals surface area contributed by atoms with Crippen LogP contribution in [-0.4, -0.2) is 47.0 Å². The van der Waals surface area contributed by atoms with Crippen LogP contribution < -0.4 is 14.8 Å². The summed E-state index contributed by atoms with van der Waals surface area (Å²) in [4.78, 5) is 0. The molecule has 0 aliphatic carbocycles. The Labute approximate surface area is 128 Å². The van der Waals surface area contributed by atoms with Crippen molar-refractivity contribution >= 4 is 31.8 Å². The van der Waals surface area contributed by atoms with Gasteiger partial charge in [-0.25, -0.2) is 0 Å². The zero-order valence-corrected chi connectivity index (χ0v) is 14.2. The van der Waals surface area contributed by atoms with Gasteiger partial charge in [0.25, 0.3) is 0 Å². The van der Waals surface area contributed by atoms with E-state index in [2.05, 4.69) is 26.0 Å². The number of rotatable bonds is 8. The second-order valence-corrected chi connectivity index (χ2v) is 6.87. The van der Waals surface area contributed by atoms with Crippen LogP contribution in [0, 0.1) is 0 Å². The molecule has 0 bridgehead atoms. The largest absolute Gasteiger partial charge is 0.496 e. The number of anilines is 1. The quantitative estimate of drug-likeness (QED) is 0.687. The van der Waals surface area contributed by atoms with Gasteiger partial charge < -0.3 is 10.1 Å². The number of halogens is 1. The van der Waals surface area contributed by atoms with Gasteiger partial charge in [-0.1, -0.05) is 0 Å². The van der Waals surface area contributed by atoms with Crippen LogP contribution in [0.15, 0.2) is 22.7 Å². The second-order valence-electron chi connectivity index (χ2n) is 4.24. The van der Waals surface area contributed by atoms with E-state index in [1.165, 1.54) is 4.31 Å².